The molecule has 0 aromatic carbocycles. The number of carboxylic acid groups (broad SMARTS) is 1. The number of hydrogen-bond donors (Lipinski definition) is 1. The molecule has 6 nitrogen and oxygen atoms in total. The predicted molar refractivity (Wildman–Crippen MR) is 68.0 cm³/mol. The topological polar surface area (TPSA) is 87.6 Å². The number of aromatic nitrogens is 1. The summed E-state index contributed by atoms with van der Waals surface area (Å²) in [7, 11) is -3.58. The number of pyridine rings is 1. The molecule has 1 saturated heterocycles. The van der Waals surface area contributed by atoms with Gasteiger partial charge in [-0.25, -0.2) is 8.42 Å². The Morgan fingerprint density at radius 2 is 2.26 bits per heavy atom. The van der Waals surface area contributed by atoms with Crippen molar-refractivity contribution in [1.82, 2.24) is 9.29 Å². The normalized spacial score (nSPS) is 25.1. The molecule has 0 amide bonds. The van der Waals surface area contributed by atoms with Crippen LogP contribution in [0.25, 0.3) is 0 Å². The van der Waals surface area contributed by atoms with Crippen LogP contribution in [-0.2, 0) is 14.8 Å². The van der Waals surface area contributed by atoms with Gasteiger partial charge in [0.1, 0.15) is 4.90 Å². The van der Waals surface area contributed by atoms with E-state index in [0.717, 1.165) is 0 Å². The number of nitrogens with zero attached hydrogens (tertiary/aromatic N) is 2. The maximum Gasteiger partial charge on any atom is 0.306 e. The van der Waals surface area contributed by atoms with Gasteiger partial charge in [-0.1, -0.05) is 0 Å². The second-order valence-corrected chi connectivity index (χ2v) is 6.60. The van der Waals surface area contributed by atoms with Gasteiger partial charge in [-0.2, -0.15) is 4.31 Å². The molecule has 2 unspecified atom stereocenters. The first kappa shape index (κ1) is 14.0. The van der Waals surface area contributed by atoms with Crippen LogP contribution in [0, 0.1) is 5.92 Å². The summed E-state index contributed by atoms with van der Waals surface area (Å²) in [4.78, 5) is 14.9. The molecule has 0 aliphatic carbocycles. The lowest BCUT2D eigenvalue weighted by Crippen LogP contribution is -2.45. The lowest BCUT2D eigenvalue weighted by atomic mass is 9.93. The van der Waals surface area contributed by atoms with Gasteiger partial charge in [0.25, 0.3) is 0 Å². The average Bonchev–Trinajstić information content (AvgIpc) is 2.39. The van der Waals surface area contributed by atoms with E-state index < -0.39 is 21.9 Å². The lowest BCUT2D eigenvalue weighted by Gasteiger charge is -2.35. The van der Waals surface area contributed by atoms with Crippen molar-refractivity contribution in [2.45, 2.75) is 30.7 Å². The summed E-state index contributed by atoms with van der Waals surface area (Å²) in [5, 5.41) is 8.98. The summed E-state index contributed by atoms with van der Waals surface area (Å²) in [6, 6.07) is 2.75. The van der Waals surface area contributed by atoms with E-state index in [-0.39, 0.29) is 17.5 Å². The van der Waals surface area contributed by atoms with E-state index in [1.54, 1.807) is 13.0 Å². The summed E-state index contributed by atoms with van der Waals surface area (Å²) in [5.74, 6) is -1.32. The highest BCUT2D eigenvalue weighted by Crippen LogP contribution is 2.28. The molecule has 1 N–H and O–H groups in total. The van der Waals surface area contributed by atoms with Gasteiger partial charge in [-0.05, 0) is 31.9 Å². The molecule has 0 bridgehead atoms. The quantitative estimate of drug-likeness (QED) is 0.893. The minimum Gasteiger partial charge on any atom is -0.481 e. The summed E-state index contributed by atoms with van der Waals surface area (Å²) >= 11 is 0. The first-order chi connectivity index (χ1) is 8.93. The number of rotatable bonds is 3. The highest BCUT2D eigenvalue weighted by Gasteiger charge is 2.36. The van der Waals surface area contributed by atoms with Crippen molar-refractivity contribution in [3.8, 4) is 0 Å². The van der Waals surface area contributed by atoms with Crippen molar-refractivity contribution >= 4 is 16.0 Å². The number of hydrogen-bond acceptors (Lipinski definition) is 4. The molecule has 2 rings (SSSR count). The van der Waals surface area contributed by atoms with Crippen LogP contribution in [0.5, 0.6) is 0 Å². The van der Waals surface area contributed by atoms with Crippen molar-refractivity contribution in [1.29, 1.82) is 0 Å². The molecule has 0 spiro atoms. The largest absolute Gasteiger partial charge is 0.481 e. The minimum absolute atomic E-state index is 0.149. The molecule has 1 fully saturated rings. The van der Waals surface area contributed by atoms with Crippen LogP contribution in [0.15, 0.2) is 29.4 Å². The van der Waals surface area contributed by atoms with E-state index in [2.05, 4.69) is 4.98 Å². The number of carboxylic acids is 1. The monoisotopic (exact) mass is 284 g/mol. The fourth-order valence-corrected chi connectivity index (χ4v) is 3.99. The third-order valence-electron chi connectivity index (χ3n) is 3.41. The molecule has 2 heterocycles. The number of aliphatic carboxylic acids is 1. The fourth-order valence-electron chi connectivity index (χ4n) is 2.37. The van der Waals surface area contributed by atoms with E-state index in [4.69, 9.17) is 5.11 Å². The fraction of sp³-hybridized carbons (Fsp3) is 0.500. The van der Waals surface area contributed by atoms with Gasteiger partial charge in [0.05, 0.1) is 5.92 Å². The van der Waals surface area contributed by atoms with E-state index in [1.807, 2.05) is 0 Å². The summed E-state index contributed by atoms with van der Waals surface area (Å²) in [5.41, 5.74) is 0. The van der Waals surface area contributed by atoms with Gasteiger partial charge in [0.15, 0.2) is 0 Å². The summed E-state index contributed by atoms with van der Waals surface area (Å²) in [6.07, 6.45) is 3.51. The molecule has 2 atom stereocenters. The van der Waals surface area contributed by atoms with E-state index in [9.17, 15) is 13.2 Å². The van der Waals surface area contributed by atoms with Crippen LogP contribution >= 0.6 is 0 Å². The molecule has 1 aromatic rings. The predicted octanol–water partition coefficient (Wildman–Crippen LogP) is 0.955. The van der Waals surface area contributed by atoms with Gasteiger partial charge in [0, 0.05) is 25.0 Å². The Hall–Kier alpha value is -1.47. The average molecular weight is 284 g/mol. The van der Waals surface area contributed by atoms with E-state index in [1.165, 1.54) is 22.8 Å². The van der Waals surface area contributed by atoms with Crippen molar-refractivity contribution < 1.29 is 18.3 Å². The maximum atomic E-state index is 12.4. The molecule has 7 heteroatoms. The Bertz CT molecular complexity index is 558. The highest BCUT2D eigenvalue weighted by molar-refractivity contribution is 7.89. The second-order valence-electron chi connectivity index (χ2n) is 4.71. The molecule has 1 aliphatic rings. The third kappa shape index (κ3) is 2.76. The van der Waals surface area contributed by atoms with Crippen LogP contribution in [0.2, 0.25) is 0 Å². The SMILES string of the molecule is CC1CC(C(=O)O)CCN1S(=O)(=O)c1cccnc1. The molecule has 19 heavy (non-hydrogen) atoms. The zero-order valence-corrected chi connectivity index (χ0v) is 11.4. The Balaban J connectivity index is 2.22. The number of piperidine rings is 1. The molecular formula is C12H16N2O4S. The van der Waals surface area contributed by atoms with Crippen LogP contribution in [0.4, 0.5) is 0 Å². The van der Waals surface area contributed by atoms with Gasteiger partial charge >= 0.3 is 5.97 Å². The number of sulfonamides is 1. The zero-order chi connectivity index (χ0) is 14.0. The van der Waals surface area contributed by atoms with Gasteiger partial charge < -0.3 is 5.11 Å². The van der Waals surface area contributed by atoms with Crippen LogP contribution < -0.4 is 0 Å². The van der Waals surface area contributed by atoms with Crippen LogP contribution in [0.1, 0.15) is 19.8 Å². The first-order valence-corrected chi connectivity index (χ1v) is 7.51. The highest BCUT2D eigenvalue weighted by atomic mass is 32.2. The zero-order valence-electron chi connectivity index (χ0n) is 10.6. The minimum atomic E-state index is -3.58. The van der Waals surface area contributed by atoms with Crippen LogP contribution in [-0.4, -0.2) is 41.4 Å². The third-order valence-corrected chi connectivity index (χ3v) is 5.40. The Morgan fingerprint density at radius 1 is 1.53 bits per heavy atom. The van der Waals surface area contributed by atoms with Crippen molar-refractivity contribution in [2.24, 2.45) is 5.92 Å². The van der Waals surface area contributed by atoms with Crippen molar-refractivity contribution in [2.75, 3.05) is 6.54 Å². The Labute approximate surface area is 112 Å². The smallest absolute Gasteiger partial charge is 0.306 e. The van der Waals surface area contributed by atoms with E-state index >= 15 is 0 Å². The lowest BCUT2D eigenvalue weighted by molar-refractivity contribution is -0.143. The molecular weight excluding hydrogens is 268 g/mol. The molecule has 1 aliphatic heterocycles. The first-order valence-electron chi connectivity index (χ1n) is 6.07. The Kier molecular flexibility index (Phi) is 3.86. The molecule has 104 valence electrons. The Morgan fingerprint density at radius 3 is 2.79 bits per heavy atom. The summed E-state index contributed by atoms with van der Waals surface area (Å²) in [6.45, 7) is 1.97. The van der Waals surface area contributed by atoms with Crippen LogP contribution in [0.3, 0.4) is 0 Å². The number of carbonyl (C=O) groups is 1. The molecule has 0 saturated carbocycles. The van der Waals surface area contributed by atoms with Crippen molar-refractivity contribution in [3.63, 3.8) is 0 Å². The maximum absolute atomic E-state index is 12.4. The summed E-state index contributed by atoms with van der Waals surface area (Å²) < 4.78 is 26.2. The van der Waals surface area contributed by atoms with Gasteiger partial charge in [-0.15, -0.1) is 0 Å². The van der Waals surface area contributed by atoms with E-state index in [0.29, 0.717) is 12.8 Å². The van der Waals surface area contributed by atoms with Gasteiger partial charge in [-0.3, -0.25) is 9.78 Å². The molecule has 0 radical (unpaired) electrons. The second kappa shape index (κ2) is 5.26. The molecule has 1 aromatic heterocycles. The standard InChI is InChI=1S/C12H16N2O4S/c1-9-7-10(12(15)16)4-6-14(9)19(17,18)11-3-2-5-13-8-11/h2-3,5,8-10H,4,6-7H2,1H3,(H,15,16). The van der Waals surface area contributed by atoms with Crippen molar-refractivity contribution in [3.05, 3.63) is 24.5 Å². The van der Waals surface area contributed by atoms with Gasteiger partial charge in [0.2, 0.25) is 10.0 Å².